The summed E-state index contributed by atoms with van der Waals surface area (Å²) < 4.78 is 11.3. The van der Waals surface area contributed by atoms with Crippen LogP contribution in [0.3, 0.4) is 0 Å². The molecule has 9 heteroatoms. The SMILES string of the molecule is CCN1C(=O)C(C#N)=C(C)/C(=C/c2cc3oc(-c4nccs4)nc3o2)C1=O. The molecule has 4 heterocycles. The Bertz CT molecular complexity index is 1140. The summed E-state index contributed by atoms with van der Waals surface area (Å²) in [5.74, 6) is -0.351. The van der Waals surface area contributed by atoms with Crippen molar-refractivity contribution >= 4 is 40.5 Å². The van der Waals surface area contributed by atoms with Crippen molar-refractivity contribution in [3.63, 3.8) is 0 Å². The lowest BCUT2D eigenvalue weighted by molar-refractivity contribution is -0.140. The fraction of sp³-hybridized carbons (Fsp3) is 0.167. The summed E-state index contributed by atoms with van der Waals surface area (Å²) in [5.41, 5.74) is 1.19. The molecule has 27 heavy (non-hydrogen) atoms. The molecule has 3 aromatic heterocycles. The monoisotopic (exact) mass is 380 g/mol. The highest BCUT2D eigenvalue weighted by Crippen LogP contribution is 2.31. The molecule has 134 valence electrons. The number of amides is 2. The molecule has 3 aromatic rings. The Balaban J connectivity index is 1.77. The molecule has 8 nitrogen and oxygen atoms in total. The highest BCUT2D eigenvalue weighted by atomic mass is 32.1. The zero-order valence-electron chi connectivity index (χ0n) is 14.3. The second-order valence-electron chi connectivity index (χ2n) is 5.70. The number of hydrogen-bond acceptors (Lipinski definition) is 8. The minimum absolute atomic E-state index is 0.0536. The fourth-order valence-electron chi connectivity index (χ4n) is 2.80. The number of furan rings is 1. The van der Waals surface area contributed by atoms with Gasteiger partial charge in [-0.25, -0.2) is 4.98 Å². The average molecular weight is 380 g/mol. The van der Waals surface area contributed by atoms with E-state index in [0.29, 0.717) is 27.8 Å². The third-order valence-electron chi connectivity index (χ3n) is 4.15. The average Bonchev–Trinajstić information content (AvgIpc) is 3.35. The zero-order chi connectivity index (χ0) is 19.1. The second kappa shape index (κ2) is 6.34. The topological polar surface area (TPSA) is 113 Å². The Morgan fingerprint density at radius 2 is 2.15 bits per heavy atom. The van der Waals surface area contributed by atoms with Crippen LogP contribution < -0.4 is 0 Å². The predicted octanol–water partition coefficient (Wildman–Crippen LogP) is 3.16. The molecule has 0 atom stereocenters. The number of oxazole rings is 1. The molecule has 0 fully saturated rings. The fourth-order valence-corrected chi connectivity index (χ4v) is 3.36. The molecule has 0 aliphatic carbocycles. The summed E-state index contributed by atoms with van der Waals surface area (Å²) in [6.07, 6.45) is 3.14. The number of carbonyl (C=O) groups is 2. The van der Waals surface area contributed by atoms with Crippen LogP contribution in [0.4, 0.5) is 0 Å². The van der Waals surface area contributed by atoms with E-state index in [2.05, 4.69) is 9.97 Å². The molecule has 0 unspecified atom stereocenters. The Morgan fingerprint density at radius 1 is 1.33 bits per heavy atom. The second-order valence-corrected chi connectivity index (χ2v) is 6.59. The quantitative estimate of drug-likeness (QED) is 0.506. The summed E-state index contributed by atoms with van der Waals surface area (Å²) in [6.45, 7) is 3.42. The molecule has 4 rings (SSSR count). The first kappa shape index (κ1) is 16.9. The van der Waals surface area contributed by atoms with E-state index in [0.717, 1.165) is 4.90 Å². The molecule has 0 N–H and O–H groups in total. The first-order valence-corrected chi connectivity index (χ1v) is 8.91. The summed E-state index contributed by atoms with van der Waals surface area (Å²) in [4.78, 5) is 34.2. The number of carbonyl (C=O) groups excluding carboxylic acids is 2. The van der Waals surface area contributed by atoms with Gasteiger partial charge in [0.15, 0.2) is 10.6 Å². The Kier molecular flexibility index (Phi) is 3.97. The van der Waals surface area contributed by atoms with Crippen LogP contribution in [0.2, 0.25) is 0 Å². The summed E-state index contributed by atoms with van der Waals surface area (Å²) in [6, 6.07) is 3.48. The van der Waals surface area contributed by atoms with Crippen LogP contribution in [0, 0.1) is 11.3 Å². The van der Waals surface area contributed by atoms with Gasteiger partial charge in [0.2, 0.25) is 0 Å². The minimum Gasteiger partial charge on any atom is -0.436 e. The normalized spacial score (nSPS) is 16.6. The molecule has 0 spiro atoms. The Morgan fingerprint density at radius 3 is 2.78 bits per heavy atom. The van der Waals surface area contributed by atoms with Crippen molar-refractivity contribution in [1.29, 1.82) is 5.26 Å². The van der Waals surface area contributed by atoms with Crippen LogP contribution in [-0.2, 0) is 9.59 Å². The van der Waals surface area contributed by atoms with Crippen LogP contribution in [0.15, 0.2) is 43.2 Å². The van der Waals surface area contributed by atoms with E-state index in [1.54, 1.807) is 26.1 Å². The summed E-state index contributed by atoms with van der Waals surface area (Å²) >= 11 is 1.39. The lowest BCUT2D eigenvalue weighted by Gasteiger charge is -2.25. The van der Waals surface area contributed by atoms with Gasteiger partial charge in [0, 0.05) is 29.8 Å². The number of hydrogen-bond donors (Lipinski definition) is 0. The number of aromatic nitrogens is 2. The lowest BCUT2D eigenvalue weighted by atomic mass is 9.95. The van der Waals surface area contributed by atoms with Crippen LogP contribution in [0.25, 0.3) is 28.3 Å². The number of thiazole rings is 1. The van der Waals surface area contributed by atoms with Gasteiger partial charge in [-0.15, -0.1) is 11.3 Å². The molecule has 1 aliphatic heterocycles. The van der Waals surface area contributed by atoms with Crippen molar-refractivity contribution in [2.45, 2.75) is 13.8 Å². The van der Waals surface area contributed by atoms with Crippen molar-refractivity contribution in [2.24, 2.45) is 0 Å². The van der Waals surface area contributed by atoms with Crippen LogP contribution in [-0.4, -0.2) is 33.2 Å². The van der Waals surface area contributed by atoms with E-state index in [9.17, 15) is 14.9 Å². The van der Waals surface area contributed by atoms with Crippen molar-refractivity contribution in [2.75, 3.05) is 6.54 Å². The summed E-state index contributed by atoms with van der Waals surface area (Å²) in [7, 11) is 0. The molecule has 2 amide bonds. The Hall–Kier alpha value is -3.51. The van der Waals surface area contributed by atoms with Crippen LogP contribution >= 0.6 is 11.3 Å². The third-order valence-corrected chi connectivity index (χ3v) is 4.91. The van der Waals surface area contributed by atoms with Gasteiger partial charge in [-0.05, 0) is 25.5 Å². The standard InChI is InChI=1S/C18H12N4O4S/c1-3-22-17(23)11(9(2)12(8-19)18(22)24)6-10-7-13-14(25-10)21-15(26-13)16-20-4-5-27-16/h4-7H,3H2,1-2H3/b11-6-. The molecule has 0 saturated heterocycles. The van der Waals surface area contributed by atoms with Gasteiger partial charge in [0.1, 0.15) is 17.4 Å². The first-order valence-electron chi connectivity index (χ1n) is 8.03. The maximum Gasteiger partial charge on any atom is 0.271 e. The summed E-state index contributed by atoms with van der Waals surface area (Å²) in [5, 5.41) is 11.7. The molecule has 0 radical (unpaired) electrons. The van der Waals surface area contributed by atoms with E-state index in [-0.39, 0.29) is 23.4 Å². The number of rotatable bonds is 3. The van der Waals surface area contributed by atoms with Crippen molar-refractivity contribution in [3.8, 4) is 17.0 Å². The maximum absolute atomic E-state index is 12.6. The number of nitriles is 1. The van der Waals surface area contributed by atoms with Gasteiger partial charge >= 0.3 is 0 Å². The number of likely N-dealkylation sites (N-methyl/N-ethyl adjacent to an activating group) is 1. The third kappa shape index (κ3) is 2.67. The smallest absolute Gasteiger partial charge is 0.271 e. The highest BCUT2D eigenvalue weighted by molar-refractivity contribution is 7.12. The van der Waals surface area contributed by atoms with Gasteiger partial charge in [0.25, 0.3) is 23.4 Å². The number of fused-ring (bicyclic) bond motifs is 1. The number of nitrogens with zero attached hydrogens (tertiary/aromatic N) is 4. The predicted molar refractivity (Wildman–Crippen MR) is 96.1 cm³/mol. The minimum atomic E-state index is -0.581. The van der Waals surface area contributed by atoms with Gasteiger partial charge in [-0.2, -0.15) is 10.2 Å². The highest BCUT2D eigenvalue weighted by Gasteiger charge is 2.34. The van der Waals surface area contributed by atoms with E-state index in [1.165, 1.54) is 17.4 Å². The molecule has 0 bridgehead atoms. The molecular formula is C18H12N4O4S. The van der Waals surface area contributed by atoms with Gasteiger partial charge in [-0.3, -0.25) is 14.5 Å². The maximum atomic E-state index is 12.6. The zero-order valence-corrected chi connectivity index (χ0v) is 15.2. The largest absolute Gasteiger partial charge is 0.436 e. The van der Waals surface area contributed by atoms with Gasteiger partial charge in [0.05, 0.1) is 0 Å². The van der Waals surface area contributed by atoms with Crippen molar-refractivity contribution in [1.82, 2.24) is 14.9 Å². The van der Waals surface area contributed by atoms with E-state index >= 15 is 0 Å². The van der Waals surface area contributed by atoms with Crippen molar-refractivity contribution < 1.29 is 18.4 Å². The van der Waals surface area contributed by atoms with E-state index < -0.39 is 11.8 Å². The van der Waals surface area contributed by atoms with E-state index in [1.807, 2.05) is 11.4 Å². The van der Waals surface area contributed by atoms with Gasteiger partial charge in [-0.1, -0.05) is 0 Å². The van der Waals surface area contributed by atoms with Gasteiger partial charge < -0.3 is 8.83 Å². The molecule has 0 aromatic carbocycles. The number of imide groups is 1. The van der Waals surface area contributed by atoms with Crippen LogP contribution in [0.5, 0.6) is 0 Å². The van der Waals surface area contributed by atoms with E-state index in [4.69, 9.17) is 8.83 Å². The lowest BCUT2D eigenvalue weighted by Crippen LogP contribution is -2.42. The van der Waals surface area contributed by atoms with Crippen LogP contribution in [0.1, 0.15) is 19.6 Å². The Labute approximate surface area is 157 Å². The molecular weight excluding hydrogens is 368 g/mol. The molecule has 0 saturated carbocycles. The van der Waals surface area contributed by atoms with Crippen molar-refractivity contribution in [3.05, 3.63) is 40.1 Å². The molecule has 1 aliphatic rings. The first-order chi connectivity index (χ1) is 13.0.